The molecule has 19 heavy (non-hydrogen) atoms. The Morgan fingerprint density at radius 3 is 2.21 bits per heavy atom. The molecule has 0 heterocycles. The van der Waals surface area contributed by atoms with Gasteiger partial charge < -0.3 is 9.47 Å². The van der Waals surface area contributed by atoms with Gasteiger partial charge in [-0.15, -0.1) is 0 Å². The first kappa shape index (κ1) is 15.9. The summed E-state index contributed by atoms with van der Waals surface area (Å²) in [5.41, 5.74) is 1.96. The maximum Gasteiger partial charge on any atom is 0.159 e. The number of ketones is 1. The van der Waals surface area contributed by atoms with Crippen LogP contribution in [0.4, 0.5) is 0 Å². The Morgan fingerprint density at radius 1 is 1.00 bits per heavy atom. The fourth-order valence-corrected chi connectivity index (χ4v) is 1.71. The Hall–Kier alpha value is -1.19. The second kappa shape index (κ2) is 9.70. The van der Waals surface area contributed by atoms with Crippen LogP contribution in [0.25, 0.3) is 0 Å². The predicted molar refractivity (Wildman–Crippen MR) is 76.7 cm³/mol. The van der Waals surface area contributed by atoms with E-state index in [-0.39, 0.29) is 5.78 Å². The van der Waals surface area contributed by atoms with E-state index in [2.05, 4.69) is 6.92 Å². The molecular formula is C16H24O3. The molecule has 0 fully saturated rings. The van der Waals surface area contributed by atoms with Crippen LogP contribution < -0.4 is 0 Å². The smallest absolute Gasteiger partial charge is 0.159 e. The van der Waals surface area contributed by atoms with E-state index in [0.717, 1.165) is 44.6 Å². The number of hydrogen-bond acceptors (Lipinski definition) is 3. The normalized spacial score (nSPS) is 10.6. The summed E-state index contributed by atoms with van der Waals surface area (Å²) in [6.45, 7) is 6.76. The van der Waals surface area contributed by atoms with E-state index in [1.807, 2.05) is 24.3 Å². The van der Waals surface area contributed by atoms with Gasteiger partial charge in [-0.25, -0.2) is 0 Å². The van der Waals surface area contributed by atoms with Crippen molar-refractivity contribution in [2.75, 3.05) is 26.4 Å². The largest absolute Gasteiger partial charge is 0.381 e. The minimum Gasteiger partial charge on any atom is -0.381 e. The molecular weight excluding hydrogens is 240 g/mol. The molecule has 0 bridgehead atoms. The zero-order chi connectivity index (χ0) is 13.9. The van der Waals surface area contributed by atoms with Crippen molar-refractivity contribution >= 4 is 5.78 Å². The van der Waals surface area contributed by atoms with Crippen molar-refractivity contribution in [2.45, 2.75) is 33.1 Å². The highest BCUT2D eigenvalue weighted by Gasteiger charge is 1.99. The molecule has 0 aliphatic heterocycles. The molecule has 0 saturated carbocycles. The van der Waals surface area contributed by atoms with Crippen molar-refractivity contribution < 1.29 is 14.3 Å². The van der Waals surface area contributed by atoms with Gasteiger partial charge in [-0.05, 0) is 31.7 Å². The van der Waals surface area contributed by atoms with Gasteiger partial charge in [-0.3, -0.25) is 4.79 Å². The van der Waals surface area contributed by atoms with Crippen LogP contribution in [0.1, 0.15) is 42.6 Å². The highest BCUT2D eigenvalue weighted by Crippen LogP contribution is 2.06. The van der Waals surface area contributed by atoms with Gasteiger partial charge in [0.05, 0.1) is 6.61 Å². The van der Waals surface area contributed by atoms with Crippen LogP contribution in [-0.4, -0.2) is 32.2 Å². The molecule has 0 saturated heterocycles. The molecule has 1 rings (SSSR count). The molecule has 0 unspecified atom stereocenters. The van der Waals surface area contributed by atoms with E-state index < -0.39 is 0 Å². The topological polar surface area (TPSA) is 35.5 Å². The van der Waals surface area contributed by atoms with Crippen LogP contribution in [0.3, 0.4) is 0 Å². The van der Waals surface area contributed by atoms with Gasteiger partial charge in [0.1, 0.15) is 0 Å². The Labute approximate surface area is 115 Å². The van der Waals surface area contributed by atoms with Crippen molar-refractivity contribution in [3.05, 3.63) is 35.4 Å². The summed E-state index contributed by atoms with van der Waals surface area (Å²) in [7, 11) is 0. The lowest BCUT2D eigenvalue weighted by Gasteiger charge is -2.05. The third kappa shape index (κ3) is 7.09. The Bertz CT molecular complexity index is 357. The number of Topliss-reactive ketones (excluding diaryl/α,β-unsaturated/α-hetero) is 1. The van der Waals surface area contributed by atoms with Crippen LogP contribution in [0, 0.1) is 0 Å². The van der Waals surface area contributed by atoms with E-state index >= 15 is 0 Å². The van der Waals surface area contributed by atoms with Crippen molar-refractivity contribution in [1.29, 1.82) is 0 Å². The number of hydrogen-bond donors (Lipinski definition) is 0. The number of benzene rings is 1. The number of ether oxygens (including phenoxy) is 2. The minimum absolute atomic E-state index is 0.106. The van der Waals surface area contributed by atoms with Gasteiger partial charge in [0.2, 0.25) is 0 Å². The standard InChI is InChI=1S/C16H24O3/c1-3-10-18-11-4-12-19-13-9-15-5-7-16(8-6-15)14(2)17/h5-8H,3-4,9-13H2,1-2H3. The summed E-state index contributed by atoms with van der Waals surface area (Å²) in [5.74, 6) is 0.106. The van der Waals surface area contributed by atoms with Crippen LogP contribution in [0.5, 0.6) is 0 Å². The van der Waals surface area contributed by atoms with Gasteiger partial charge in [-0.1, -0.05) is 31.2 Å². The molecule has 0 radical (unpaired) electrons. The molecule has 1 aromatic carbocycles. The third-order valence-corrected chi connectivity index (χ3v) is 2.82. The SMILES string of the molecule is CCCOCCCOCCc1ccc(C(C)=O)cc1. The van der Waals surface area contributed by atoms with Crippen molar-refractivity contribution in [1.82, 2.24) is 0 Å². The fraction of sp³-hybridized carbons (Fsp3) is 0.562. The maximum atomic E-state index is 11.1. The molecule has 0 amide bonds. The molecule has 0 spiro atoms. The molecule has 0 aromatic heterocycles. The van der Waals surface area contributed by atoms with E-state index in [1.54, 1.807) is 6.92 Å². The second-order valence-electron chi connectivity index (χ2n) is 4.58. The predicted octanol–water partition coefficient (Wildman–Crippen LogP) is 3.27. The molecule has 106 valence electrons. The summed E-state index contributed by atoms with van der Waals surface area (Å²) in [6.07, 6.45) is 2.90. The van der Waals surface area contributed by atoms with E-state index in [1.165, 1.54) is 5.56 Å². The second-order valence-corrected chi connectivity index (χ2v) is 4.58. The molecule has 0 atom stereocenters. The highest BCUT2D eigenvalue weighted by molar-refractivity contribution is 5.93. The van der Waals surface area contributed by atoms with Gasteiger partial charge in [-0.2, -0.15) is 0 Å². The fourth-order valence-electron chi connectivity index (χ4n) is 1.71. The van der Waals surface area contributed by atoms with Crippen LogP contribution in [-0.2, 0) is 15.9 Å². The van der Waals surface area contributed by atoms with Gasteiger partial charge in [0, 0.05) is 25.4 Å². The van der Waals surface area contributed by atoms with Crippen molar-refractivity contribution in [3.8, 4) is 0 Å². The van der Waals surface area contributed by atoms with Gasteiger partial charge in [0.15, 0.2) is 5.78 Å². The van der Waals surface area contributed by atoms with E-state index in [0.29, 0.717) is 6.61 Å². The first-order valence-corrected chi connectivity index (χ1v) is 6.99. The van der Waals surface area contributed by atoms with Crippen LogP contribution in [0.2, 0.25) is 0 Å². The summed E-state index contributed by atoms with van der Waals surface area (Å²) in [4.78, 5) is 11.1. The average Bonchev–Trinajstić information content (AvgIpc) is 2.42. The average molecular weight is 264 g/mol. The Morgan fingerprint density at radius 2 is 1.63 bits per heavy atom. The van der Waals surface area contributed by atoms with Crippen LogP contribution >= 0.6 is 0 Å². The van der Waals surface area contributed by atoms with Gasteiger partial charge in [0.25, 0.3) is 0 Å². The third-order valence-electron chi connectivity index (χ3n) is 2.82. The highest BCUT2D eigenvalue weighted by atomic mass is 16.5. The van der Waals surface area contributed by atoms with Crippen LogP contribution in [0.15, 0.2) is 24.3 Å². The molecule has 3 heteroatoms. The first-order valence-electron chi connectivity index (χ1n) is 6.99. The lowest BCUT2D eigenvalue weighted by molar-refractivity contribution is 0.0842. The van der Waals surface area contributed by atoms with E-state index in [4.69, 9.17) is 9.47 Å². The number of rotatable bonds is 10. The summed E-state index contributed by atoms with van der Waals surface area (Å²) in [6, 6.07) is 7.72. The molecule has 0 aliphatic rings. The number of carbonyl (C=O) groups excluding carboxylic acids is 1. The molecule has 0 N–H and O–H groups in total. The van der Waals surface area contributed by atoms with Crippen molar-refractivity contribution in [3.63, 3.8) is 0 Å². The monoisotopic (exact) mass is 264 g/mol. The Balaban J connectivity index is 2.07. The first-order chi connectivity index (χ1) is 9.24. The zero-order valence-corrected chi connectivity index (χ0v) is 12.0. The number of carbonyl (C=O) groups is 1. The Kier molecular flexibility index (Phi) is 8.10. The summed E-state index contributed by atoms with van der Waals surface area (Å²) < 4.78 is 10.9. The lowest BCUT2D eigenvalue weighted by Crippen LogP contribution is -2.04. The quantitative estimate of drug-likeness (QED) is 0.480. The van der Waals surface area contributed by atoms with Crippen molar-refractivity contribution in [2.24, 2.45) is 0 Å². The molecule has 3 nitrogen and oxygen atoms in total. The minimum atomic E-state index is 0.106. The molecule has 1 aromatic rings. The maximum absolute atomic E-state index is 11.1. The molecule has 0 aliphatic carbocycles. The lowest BCUT2D eigenvalue weighted by atomic mass is 10.1. The summed E-state index contributed by atoms with van der Waals surface area (Å²) in [5, 5.41) is 0. The van der Waals surface area contributed by atoms with E-state index in [9.17, 15) is 4.79 Å². The zero-order valence-electron chi connectivity index (χ0n) is 12.0. The summed E-state index contributed by atoms with van der Waals surface area (Å²) >= 11 is 0. The van der Waals surface area contributed by atoms with Gasteiger partial charge >= 0.3 is 0 Å².